The van der Waals surface area contributed by atoms with Crippen LogP contribution in [0.2, 0.25) is 0 Å². The largest absolute Gasteiger partial charge is 0.472 e. The summed E-state index contributed by atoms with van der Waals surface area (Å²) in [5, 5.41) is 10.6. The molecule has 0 aromatic rings. The highest BCUT2D eigenvalue weighted by Gasteiger charge is 2.30. The van der Waals surface area contributed by atoms with E-state index in [0.717, 1.165) is 173 Å². The Morgan fingerprint density at radius 3 is 0.833 bits per heavy atom. The Morgan fingerprint density at radius 2 is 0.531 bits per heavy atom. The lowest BCUT2D eigenvalue weighted by molar-refractivity contribution is -0.161. The van der Waals surface area contributed by atoms with Gasteiger partial charge in [0.1, 0.15) is 19.3 Å². The third-order valence-electron chi connectivity index (χ3n) is 16.1. The highest BCUT2D eigenvalue weighted by atomic mass is 31.2. The molecule has 96 heavy (non-hydrogen) atoms. The molecule has 0 aliphatic carbocycles. The highest BCUT2D eigenvalue weighted by molar-refractivity contribution is 7.47. The highest BCUT2D eigenvalue weighted by Crippen LogP contribution is 2.45. The summed E-state index contributed by atoms with van der Waals surface area (Å²) in [6.45, 7) is 4.71. The van der Waals surface area contributed by atoms with Crippen LogP contribution in [0.15, 0.2) is 72.9 Å². The molecule has 0 saturated carbocycles. The van der Waals surface area contributed by atoms with E-state index in [1.54, 1.807) is 0 Å². The van der Waals surface area contributed by atoms with Gasteiger partial charge >= 0.3 is 39.5 Å². The third kappa shape index (κ3) is 69.0. The lowest BCUT2D eigenvalue weighted by Gasteiger charge is -2.21. The number of phosphoric ester groups is 2. The standard InChI is InChI=1S/C77H138O17P2/c1-5-9-13-17-21-25-29-33-35-39-42-46-50-54-58-62-75(80)88-68-73(94-77(82)64-60-56-52-48-44-40-36-34-30-26-22-18-14-10-6-2)70-92-96(85,86)90-66-71(78)65-89-95(83,84)91-69-72(93-76(81)63-59-55-51-47-43-38-32-28-24-20-16-12-8-4)67-87-74(79)61-57-53-49-45-41-37-31-27-23-19-15-11-7-3/h15-16,19-21,25,27-28,31-33,35,71-73,78H,5-14,17-18,22-24,26,29-30,34,36-70H2,1-4H3,(H,83,84)(H,85,86)/b19-15-,20-16-,25-21-,31-27-,32-28-,35-33-. The van der Waals surface area contributed by atoms with Gasteiger partial charge in [0.25, 0.3) is 0 Å². The molecule has 0 amide bonds. The van der Waals surface area contributed by atoms with Gasteiger partial charge in [0, 0.05) is 25.7 Å². The van der Waals surface area contributed by atoms with E-state index in [1.165, 1.54) is 83.5 Å². The normalized spacial score (nSPS) is 14.4. The van der Waals surface area contributed by atoms with E-state index in [4.69, 9.17) is 37.0 Å². The minimum Gasteiger partial charge on any atom is -0.462 e. The van der Waals surface area contributed by atoms with Crippen LogP contribution in [0.4, 0.5) is 0 Å². The molecule has 0 heterocycles. The molecule has 0 fully saturated rings. The van der Waals surface area contributed by atoms with Crippen LogP contribution in [0, 0.1) is 0 Å². The maximum atomic E-state index is 13.1. The van der Waals surface area contributed by atoms with E-state index in [1.807, 2.05) is 0 Å². The molecule has 0 aliphatic rings. The predicted octanol–water partition coefficient (Wildman–Crippen LogP) is 21.7. The van der Waals surface area contributed by atoms with Gasteiger partial charge in [-0.15, -0.1) is 0 Å². The SMILES string of the molecule is CCC/C=C\C/C=C\CCCCCCCC(=O)OCC(COP(=O)(O)OCC(O)COP(=O)(O)OCC(COC(=O)CCCCCCC/C=C\C/C=C\CCCCC)OC(=O)CCCCCCCCCCCCCCCCC)OC(=O)CCCCCCC/C=C\C/C=C\CCC. The number of allylic oxidation sites excluding steroid dienone is 12. The van der Waals surface area contributed by atoms with Gasteiger partial charge in [-0.2, -0.15) is 0 Å². The van der Waals surface area contributed by atoms with Crippen LogP contribution in [0.5, 0.6) is 0 Å². The van der Waals surface area contributed by atoms with Crippen LogP contribution in [-0.4, -0.2) is 96.7 Å². The summed E-state index contributed by atoms with van der Waals surface area (Å²) in [5.41, 5.74) is 0. The molecule has 3 N–H and O–H groups in total. The number of esters is 4. The van der Waals surface area contributed by atoms with Gasteiger partial charge in [0.15, 0.2) is 12.2 Å². The van der Waals surface area contributed by atoms with Crippen molar-refractivity contribution >= 4 is 39.5 Å². The number of carbonyl (C=O) groups excluding carboxylic acids is 4. The predicted molar refractivity (Wildman–Crippen MR) is 390 cm³/mol. The molecule has 0 bridgehead atoms. The molecular formula is C77H138O17P2. The van der Waals surface area contributed by atoms with E-state index in [-0.39, 0.29) is 25.7 Å². The zero-order valence-corrected chi connectivity index (χ0v) is 62.6. The van der Waals surface area contributed by atoms with Gasteiger partial charge in [-0.05, 0) is 109 Å². The van der Waals surface area contributed by atoms with Crippen LogP contribution < -0.4 is 0 Å². The molecule has 558 valence electrons. The first-order valence-corrected chi connectivity index (χ1v) is 41.2. The number of ether oxygens (including phenoxy) is 4. The molecule has 0 saturated heterocycles. The molecule has 0 rings (SSSR count). The van der Waals surface area contributed by atoms with E-state index >= 15 is 0 Å². The summed E-state index contributed by atoms with van der Waals surface area (Å²) >= 11 is 0. The first-order chi connectivity index (χ1) is 46.7. The second-order valence-corrected chi connectivity index (χ2v) is 28.5. The maximum Gasteiger partial charge on any atom is 0.472 e. The number of aliphatic hydroxyl groups excluding tert-OH is 1. The second-order valence-electron chi connectivity index (χ2n) is 25.6. The van der Waals surface area contributed by atoms with Crippen molar-refractivity contribution in [1.29, 1.82) is 0 Å². The zero-order chi connectivity index (χ0) is 70.4. The minimum absolute atomic E-state index is 0.0776. The van der Waals surface area contributed by atoms with Crippen LogP contribution >= 0.6 is 15.6 Å². The smallest absolute Gasteiger partial charge is 0.462 e. The quantitative estimate of drug-likeness (QED) is 0.0169. The van der Waals surface area contributed by atoms with Gasteiger partial charge in [-0.1, -0.05) is 274 Å². The molecule has 5 atom stereocenters. The molecular weight excluding hydrogens is 1260 g/mol. The topological polar surface area (TPSA) is 237 Å². The molecule has 0 radical (unpaired) electrons. The number of aliphatic hydroxyl groups is 1. The maximum absolute atomic E-state index is 13.1. The summed E-state index contributed by atoms with van der Waals surface area (Å²) in [7, 11) is -9.94. The monoisotopic (exact) mass is 1400 g/mol. The van der Waals surface area contributed by atoms with Crippen molar-refractivity contribution in [2.75, 3.05) is 39.6 Å². The van der Waals surface area contributed by atoms with Gasteiger partial charge in [-0.25, -0.2) is 9.13 Å². The lowest BCUT2D eigenvalue weighted by Crippen LogP contribution is -2.30. The van der Waals surface area contributed by atoms with Crippen molar-refractivity contribution in [3.05, 3.63) is 72.9 Å². The molecule has 0 spiro atoms. The summed E-state index contributed by atoms with van der Waals surface area (Å²) in [5.74, 6) is -2.20. The molecule has 19 heteroatoms. The fraction of sp³-hybridized carbons (Fsp3) is 0.792. The average molecular weight is 1400 g/mol. The van der Waals surface area contributed by atoms with Crippen molar-refractivity contribution in [2.45, 2.75) is 354 Å². The van der Waals surface area contributed by atoms with Gasteiger partial charge in [0.05, 0.1) is 26.4 Å². The van der Waals surface area contributed by atoms with Gasteiger partial charge in [-0.3, -0.25) is 37.3 Å². The van der Waals surface area contributed by atoms with Crippen LogP contribution in [-0.2, 0) is 65.4 Å². The van der Waals surface area contributed by atoms with Gasteiger partial charge in [0.2, 0.25) is 0 Å². The Morgan fingerprint density at radius 1 is 0.292 bits per heavy atom. The van der Waals surface area contributed by atoms with E-state index in [2.05, 4.69) is 101 Å². The Balaban J connectivity index is 5.34. The van der Waals surface area contributed by atoms with Crippen LogP contribution in [0.3, 0.4) is 0 Å². The first kappa shape index (κ1) is 92.5. The number of unbranched alkanes of at least 4 members (excludes halogenated alkanes) is 34. The number of rotatable bonds is 72. The third-order valence-corrected chi connectivity index (χ3v) is 18.0. The van der Waals surface area contributed by atoms with Crippen LogP contribution in [0.1, 0.15) is 336 Å². The zero-order valence-electron chi connectivity index (χ0n) is 60.8. The Labute approximate surface area is 583 Å². The Hall–Kier alpha value is -3.50. The fourth-order valence-electron chi connectivity index (χ4n) is 10.3. The Bertz CT molecular complexity index is 2110. The van der Waals surface area contributed by atoms with Crippen molar-refractivity contribution in [2.24, 2.45) is 0 Å². The van der Waals surface area contributed by atoms with Crippen LogP contribution in [0.25, 0.3) is 0 Å². The summed E-state index contributed by atoms with van der Waals surface area (Å²) in [6, 6.07) is 0. The molecule has 0 aliphatic heterocycles. The summed E-state index contributed by atoms with van der Waals surface area (Å²) in [4.78, 5) is 72.8. The first-order valence-electron chi connectivity index (χ1n) is 38.2. The molecule has 0 aromatic heterocycles. The number of phosphoric acid groups is 2. The molecule has 5 unspecified atom stereocenters. The number of hydrogen-bond acceptors (Lipinski definition) is 15. The van der Waals surface area contributed by atoms with Crippen molar-refractivity contribution in [1.82, 2.24) is 0 Å². The lowest BCUT2D eigenvalue weighted by atomic mass is 10.0. The Kier molecular flexibility index (Phi) is 67.4. The summed E-state index contributed by atoms with van der Waals surface area (Å²) in [6.07, 6.45) is 68.9. The van der Waals surface area contributed by atoms with Crippen molar-refractivity contribution in [3.8, 4) is 0 Å². The second kappa shape index (κ2) is 70.0. The molecule has 17 nitrogen and oxygen atoms in total. The number of hydrogen-bond donors (Lipinski definition) is 3. The fourth-order valence-corrected chi connectivity index (χ4v) is 11.8. The van der Waals surface area contributed by atoms with E-state index < -0.39 is 97.5 Å². The molecule has 0 aromatic carbocycles. The van der Waals surface area contributed by atoms with Gasteiger partial charge < -0.3 is 33.8 Å². The van der Waals surface area contributed by atoms with Crippen molar-refractivity contribution < 1.29 is 80.2 Å². The summed E-state index contributed by atoms with van der Waals surface area (Å²) < 4.78 is 68.4. The number of carbonyl (C=O) groups is 4. The average Bonchev–Trinajstić information content (AvgIpc) is 1.17. The van der Waals surface area contributed by atoms with Crippen molar-refractivity contribution in [3.63, 3.8) is 0 Å². The van der Waals surface area contributed by atoms with E-state index in [9.17, 15) is 43.2 Å². The minimum atomic E-state index is -4.97. The van der Waals surface area contributed by atoms with E-state index in [0.29, 0.717) is 25.7 Å².